The van der Waals surface area contributed by atoms with Crippen LogP contribution in [0.1, 0.15) is 40.5 Å². The minimum Gasteiger partial charge on any atom is -0.0622 e. The van der Waals surface area contributed by atoms with Crippen LogP contribution in [-0.4, -0.2) is 0 Å². The Bertz CT molecular complexity index is 92.6. The number of hydrogen-bond acceptors (Lipinski definition) is 0. The molecule has 4 atom stereocenters. The highest BCUT2D eigenvalue weighted by Crippen LogP contribution is 2.37. The molecule has 0 aromatic carbocycles. The Hall–Kier alpha value is 0. The second kappa shape index (κ2) is 2.94. The smallest absolute Gasteiger partial charge is 0.0389 e. The fraction of sp³-hybridized carbons (Fsp3) is 1.00. The van der Waals surface area contributed by atoms with E-state index in [0.29, 0.717) is 0 Å². The van der Waals surface area contributed by atoms with Gasteiger partial charge in [-0.2, -0.15) is 0 Å². The maximum absolute atomic E-state index is 2.41. The van der Waals surface area contributed by atoms with E-state index in [-0.39, 0.29) is 0 Å². The van der Waals surface area contributed by atoms with Crippen molar-refractivity contribution >= 4 is 0 Å². The third kappa shape index (κ3) is 1.36. The summed E-state index contributed by atoms with van der Waals surface area (Å²) in [5.41, 5.74) is 0. The first-order chi connectivity index (χ1) is 4.63. The van der Waals surface area contributed by atoms with E-state index in [1.165, 1.54) is 12.8 Å². The molecule has 10 heavy (non-hydrogen) atoms. The first-order valence-corrected chi connectivity index (χ1v) is 4.63. The van der Waals surface area contributed by atoms with Crippen molar-refractivity contribution in [3.05, 3.63) is 0 Å². The van der Waals surface area contributed by atoms with Crippen LogP contribution in [0.5, 0.6) is 0 Å². The second-order valence-corrected chi connectivity index (χ2v) is 4.25. The molecule has 0 amide bonds. The molecule has 0 bridgehead atoms. The lowest BCUT2D eigenvalue weighted by Crippen LogP contribution is -2.27. The number of hydrogen-bond donors (Lipinski definition) is 0. The van der Waals surface area contributed by atoms with Gasteiger partial charge in [-0.05, 0) is 23.7 Å². The highest BCUT2D eigenvalue weighted by atomic mass is 14.3. The van der Waals surface area contributed by atoms with Gasteiger partial charge < -0.3 is 0 Å². The Morgan fingerprint density at radius 1 is 0.700 bits per heavy atom. The molecule has 0 aliphatic heterocycles. The first-order valence-electron chi connectivity index (χ1n) is 4.63. The largest absolute Gasteiger partial charge is 0.0622 e. The van der Waals surface area contributed by atoms with Crippen molar-refractivity contribution in [2.45, 2.75) is 40.5 Å². The van der Waals surface area contributed by atoms with Gasteiger partial charge in [-0.3, -0.25) is 0 Å². The van der Waals surface area contributed by atoms with Crippen molar-refractivity contribution in [3.8, 4) is 0 Å². The molecular weight excluding hydrogens is 120 g/mol. The lowest BCUT2D eigenvalue weighted by Gasteiger charge is -2.36. The summed E-state index contributed by atoms with van der Waals surface area (Å²) in [6, 6.07) is 0. The molecule has 1 rings (SSSR count). The molecule has 0 spiro atoms. The predicted molar refractivity (Wildman–Crippen MR) is 45.9 cm³/mol. The molecule has 0 unspecified atom stereocenters. The summed E-state index contributed by atoms with van der Waals surface area (Å²) in [6.45, 7) is 9.61. The van der Waals surface area contributed by atoms with Crippen molar-refractivity contribution in [2.75, 3.05) is 0 Å². The third-order valence-electron chi connectivity index (χ3n) is 3.70. The zero-order valence-electron chi connectivity index (χ0n) is 7.72. The normalized spacial score (nSPS) is 49.2. The van der Waals surface area contributed by atoms with Crippen LogP contribution >= 0.6 is 0 Å². The summed E-state index contributed by atoms with van der Waals surface area (Å²) in [5, 5.41) is 0. The van der Waals surface area contributed by atoms with E-state index >= 15 is 0 Å². The van der Waals surface area contributed by atoms with Gasteiger partial charge in [0.1, 0.15) is 0 Å². The van der Waals surface area contributed by atoms with E-state index in [4.69, 9.17) is 0 Å². The van der Waals surface area contributed by atoms with Gasteiger partial charge in [0, 0.05) is 0 Å². The molecule has 0 radical (unpaired) electrons. The standard InChI is InChI=1S/C10H20/c1-7-5-6-8(2)10(4)9(7)3/h7-10H,5-6H2,1-4H3/t7-,8+,9-,10+. The number of rotatable bonds is 0. The van der Waals surface area contributed by atoms with E-state index in [1.54, 1.807) is 0 Å². The molecule has 1 saturated carbocycles. The van der Waals surface area contributed by atoms with Crippen molar-refractivity contribution < 1.29 is 0 Å². The van der Waals surface area contributed by atoms with Crippen LogP contribution in [0.3, 0.4) is 0 Å². The van der Waals surface area contributed by atoms with Gasteiger partial charge in [0.05, 0.1) is 0 Å². The van der Waals surface area contributed by atoms with Crippen LogP contribution in [0, 0.1) is 23.7 Å². The van der Waals surface area contributed by atoms with Gasteiger partial charge in [-0.25, -0.2) is 0 Å². The van der Waals surface area contributed by atoms with E-state index in [9.17, 15) is 0 Å². The van der Waals surface area contributed by atoms with Crippen LogP contribution in [-0.2, 0) is 0 Å². The second-order valence-electron chi connectivity index (χ2n) is 4.25. The van der Waals surface area contributed by atoms with Gasteiger partial charge in [0.2, 0.25) is 0 Å². The van der Waals surface area contributed by atoms with Gasteiger partial charge in [-0.15, -0.1) is 0 Å². The van der Waals surface area contributed by atoms with Gasteiger partial charge in [-0.1, -0.05) is 40.5 Å². The Kier molecular flexibility index (Phi) is 2.38. The van der Waals surface area contributed by atoms with E-state index in [2.05, 4.69) is 27.7 Å². The Labute approximate surface area is 65.0 Å². The van der Waals surface area contributed by atoms with E-state index in [0.717, 1.165) is 23.7 Å². The summed E-state index contributed by atoms with van der Waals surface area (Å²) in [7, 11) is 0. The van der Waals surface area contributed by atoms with Crippen molar-refractivity contribution in [1.82, 2.24) is 0 Å². The van der Waals surface area contributed by atoms with Crippen molar-refractivity contribution in [3.63, 3.8) is 0 Å². The highest BCUT2D eigenvalue weighted by Gasteiger charge is 2.28. The monoisotopic (exact) mass is 140 g/mol. The van der Waals surface area contributed by atoms with Crippen molar-refractivity contribution in [2.24, 2.45) is 23.7 Å². The predicted octanol–water partition coefficient (Wildman–Crippen LogP) is 3.32. The Balaban J connectivity index is 2.52. The van der Waals surface area contributed by atoms with Gasteiger partial charge in [0.25, 0.3) is 0 Å². The fourth-order valence-electron chi connectivity index (χ4n) is 2.09. The van der Waals surface area contributed by atoms with Gasteiger partial charge >= 0.3 is 0 Å². The summed E-state index contributed by atoms with van der Waals surface area (Å²) in [6.07, 6.45) is 2.90. The molecular formula is C10H20. The Morgan fingerprint density at radius 3 is 1.30 bits per heavy atom. The lowest BCUT2D eigenvalue weighted by atomic mass is 9.69. The SMILES string of the molecule is C[C@@H]1[C@H](C)[C@H](C)CC[C@@H]1C. The molecule has 0 aromatic heterocycles. The molecule has 1 aliphatic carbocycles. The van der Waals surface area contributed by atoms with Crippen LogP contribution in [0.15, 0.2) is 0 Å². The molecule has 0 heteroatoms. The topological polar surface area (TPSA) is 0 Å². The lowest BCUT2D eigenvalue weighted by molar-refractivity contribution is 0.137. The fourth-order valence-corrected chi connectivity index (χ4v) is 2.09. The van der Waals surface area contributed by atoms with E-state index < -0.39 is 0 Å². The third-order valence-corrected chi connectivity index (χ3v) is 3.70. The first kappa shape index (κ1) is 8.10. The Morgan fingerprint density at radius 2 is 1.00 bits per heavy atom. The maximum Gasteiger partial charge on any atom is -0.0389 e. The zero-order chi connectivity index (χ0) is 7.72. The molecule has 60 valence electrons. The average molecular weight is 140 g/mol. The molecule has 1 fully saturated rings. The van der Waals surface area contributed by atoms with Crippen LogP contribution in [0.25, 0.3) is 0 Å². The average Bonchev–Trinajstić information content (AvgIpc) is 1.93. The molecule has 0 N–H and O–H groups in total. The van der Waals surface area contributed by atoms with Gasteiger partial charge in [0.15, 0.2) is 0 Å². The highest BCUT2D eigenvalue weighted by molar-refractivity contribution is 4.78. The minimum atomic E-state index is 0.948. The maximum atomic E-state index is 2.41. The van der Waals surface area contributed by atoms with Crippen LogP contribution in [0.4, 0.5) is 0 Å². The molecule has 0 aromatic rings. The molecule has 1 aliphatic rings. The summed E-state index contributed by atoms with van der Waals surface area (Å²) < 4.78 is 0. The minimum absolute atomic E-state index is 0.948. The quantitative estimate of drug-likeness (QED) is 0.484. The summed E-state index contributed by atoms with van der Waals surface area (Å²) >= 11 is 0. The summed E-state index contributed by atoms with van der Waals surface area (Å²) in [5.74, 6) is 3.82. The molecule has 0 nitrogen and oxygen atoms in total. The molecule has 0 saturated heterocycles. The van der Waals surface area contributed by atoms with Crippen LogP contribution in [0.2, 0.25) is 0 Å². The van der Waals surface area contributed by atoms with Crippen LogP contribution < -0.4 is 0 Å². The zero-order valence-corrected chi connectivity index (χ0v) is 7.72. The van der Waals surface area contributed by atoms with E-state index in [1.807, 2.05) is 0 Å². The molecule has 0 heterocycles. The van der Waals surface area contributed by atoms with Crippen molar-refractivity contribution in [1.29, 1.82) is 0 Å². The summed E-state index contributed by atoms with van der Waals surface area (Å²) in [4.78, 5) is 0.